The minimum Gasteiger partial charge on any atom is -0.457 e. The Bertz CT molecular complexity index is 2990. The molecule has 0 saturated carbocycles. The number of aryl methyl sites for hydroxylation is 1. The van der Waals surface area contributed by atoms with Crippen LogP contribution in [0.3, 0.4) is 0 Å². The molecule has 0 radical (unpaired) electrons. The molecular weight excluding hydrogens is 816 g/mol. The van der Waals surface area contributed by atoms with Gasteiger partial charge in [-0.05, 0) is 70.0 Å². The van der Waals surface area contributed by atoms with Crippen LogP contribution in [0.4, 0.5) is 21.9 Å². The van der Waals surface area contributed by atoms with Gasteiger partial charge in [-0.3, -0.25) is 35.1 Å². The Morgan fingerprint density at radius 3 is 2.29 bits per heavy atom. The van der Waals surface area contributed by atoms with Gasteiger partial charge in [0.05, 0.1) is 55.4 Å². The maximum atomic E-state index is 14.1. The lowest BCUT2D eigenvalue weighted by atomic mass is 9.85. The van der Waals surface area contributed by atoms with Gasteiger partial charge in [-0.1, -0.05) is 12.1 Å². The van der Waals surface area contributed by atoms with Gasteiger partial charge in [0.2, 0.25) is 12.2 Å². The molecule has 0 fully saturated rings. The zero-order chi connectivity index (χ0) is 44.6. The molecule has 21 heteroatoms. The Morgan fingerprint density at radius 1 is 0.935 bits per heavy atom. The molecule has 21 nitrogen and oxygen atoms in total. The first kappa shape index (κ1) is 40.7. The molecule has 0 bridgehead atoms. The lowest BCUT2D eigenvalue weighted by Crippen LogP contribution is -2.48. The molecular formula is C41H32N6O15. The molecule has 0 amide bonds. The summed E-state index contributed by atoms with van der Waals surface area (Å²) in [6.45, 7) is 6.79. The Balaban J connectivity index is 1.11. The summed E-state index contributed by atoms with van der Waals surface area (Å²) < 4.78 is 23.2. The molecule has 1 aliphatic carbocycles. The fourth-order valence-corrected chi connectivity index (χ4v) is 7.87. The summed E-state index contributed by atoms with van der Waals surface area (Å²) in [6, 6.07) is 12.1. The second-order valence-electron chi connectivity index (χ2n) is 15.5. The van der Waals surface area contributed by atoms with Crippen LogP contribution in [0.2, 0.25) is 0 Å². The van der Waals surface area contributed by atoms with Crippen LogP contribution in [0.5, 0.6) is 5.75 Å². The van der Waals surface area contributed by atoms with Gasteiger partial charge in [-0.25, -0.2) is 19.4 Å². The summed E-state index contributed by atoms with van der Waals surface area (Å²) in [5, 5.41) is 40.3. The molecule has 0 unspecified atom stereocenters. The van der Waals surface area contributed by atoms with Crippen LogP contribution in [0, 0.1) is 37.3 Å². The van der Waals surface area contributed by atoms with Gasteiger partial charge < -0.3 is 28.4 Å². The number of ether oxygens (including phenoxy) is 4. The van der Waals surface area contributed by atoms with Gasteiger partial charge in [-0.2, -0.15) is 0 Å². The van der Waals surface area contributed by atoms with Crippen molar-refractivity contribution in [1.82, 2.24) is 9.55 Å². The average Bonchev–Trinajstić information content (AvgIpc) is 3.72. The predicted octanol–water partition coefficient (Wildman–Crippen LogP) is 6.43. The van der Waals surface area contributed by atoms with E-state index in [9.17, 15) is 49.5 Å². The van der Waals surface area contributed by atoms with Crippen LogP contribution in [-0.2, 0) is 47.4 Å². The maximum Gasteiger partial charge on any atom is 0.514 e. The standard InChI is InChI=1S/C41H32N6O15/c1-6-41(61-32(48)18-59-43-36-25-12-22(45(52)53)9-19(2)33(25)34-26(36)13-23(46(54)55)14-30(34)47(56)57)28-15-31-35-21(16-44(31)37(49)27(28)17-58-38(41)50)10-20-11-24(7-8-29(20)42-35)60-39(51)62-40(3,4)5/h7-15H,6,16-18H2,1-5H3/b43-36+/t41-/m0/s1. The zero-order valence-corrected chi connectivity index (χ0v) is 33.3. The van der Waals surface area contributed by atoms with Crippen molar-refractivity contribution in [2.24, 2.45) is 5.16 Å². The normalized spacial score (nSPS) is 16.3. The maximum absolute atomic E-state index is 14.1. The number of nitro benzene ring substituents is 3. The summed E-state index contributed by atoms with van der Waals surface area (Å²) in [5.74, 6) is -1.93. The van der Waals surface area contributed by atoms with E-state index in [0.717, 1.165) is 18.2 Å². The van der Waals surface area contributed by atoms with Crippen molar-refractivity contribution in [1.29, 1.82) is 0 Å². The van der Waals surface area contributed by atoms with Gasteiger partial charge in [0.15, 0.2) is 0 Å². The molecule has 3 aromatic carbocycles. The monoisotopic (exact) mass is 848 g/mol. The van der Waals surface area contributed by atoms with Crippen LogP contribution in [0.1, 0.15) is 67.5 Å². The van der Waals surface area contributed by atoms with E-state index in [2.05, 4.69) is 5.16 Å². The molecule has 0 N–H and O–H groups in total. The van der Waals surface area contributed by atoms with Gasteiger partial charge in [0.1, 0.15) is 23.7 Å². The Kier molecular flexibility index (Phi) is 9.56. The highest BCUT2D eigenvalue weighted by Gasteiger charge is 2.50. The largest absolute Gasteiger partial charge is 0.514 e. The molecule has 316 valence electrons. The number of cyclic esters (lactones) is 1. The number of aromatic nitrogens is 2. The summed E-state index contributed by atoms with van der Waals surface area (Å²) in [7, 11) is 0. The number of pyridine rings is 2. The molecule has 0 saturated heterocycles. The molecule has 2 aromatic heterocycles. The van der Waals surface area contributed by atoms with Crippen molar-refractivity contribution in [3.63, 3.8) is 0 Å². The fraction of sp³-hybridized carbons (Fsp3) is 0.268. The second kappa shape index (κ2) is 14.6. The van der Waals surface area contributed by atoms with Crippen molar-refractivity contribution in [3.05, 3.63) is 129 Å². The highest BCUT2D eigenvalue weighted by Crippen LogP contribution is 2.48. The number of oxime groups is 1. The van der Waals surface area contributed by atoms with Crippen molar-refractivity contribution in [3.8, 4) is 28.3 Å². The highest BCUT2D eigenvalue weighted by atomic mass is 16.7. The molecule has 0 spiro atoms. The second-order valence-corrected chi connectivity index (χ2v) is 15.5. The number of hydrogen-bond acceptors (Lipinski definition) is 17. The average molecular weight is 849 g/mol. The number of fused-ring (bicyclic) bond motifs is 8. The minimum absolute atomic E-state index is 0.0240. The van der Waals surface area contributed by atoms with Crippen molar-refractivity contribution < 1.29 is 52.9 Å². The van der Waals surface area contributed by atoms with Gasteiger partial charge >= 0.3 is 18.1 Å². The van der Waals surface area contributed by atoms with E-state index in [0.29, 0.717) is 27.9 Å². The van der Waals surface area contributed by atoms with E-state index in [4.69, 9.17) is 28.8 Å². The van der Waals surface area contributed by atoms with Crippen LogP contribution >= 0.6 is 0 Å². The van der Waals surface area contributed by atoms with Gasteiger partial charge in [0, 0.05) is 51.4 Å². The van der Waals surface area contributed by atoms with Gasteiger partial charge in [0.25, 0.3) is 22.6 Å². The number of esters is 2. The zero-order valence-electron chi connectivity index (χ0n) is 33.3. The molecule has 4 heterocycles. The summed E-state index contributed by atoms with van der Waals surface area (Å²) in [4.78, 5) is 97.0. The van der Waals surface area contributed by atoms with Crippen molar-refractivity contribution in [2.75, 3.05) is 6.61 Å². The number of rotatable bonds is 9. The number of carbonyl (C=O) groups excluding carboxylic acids is 3. The number of non-ortho nitro benzene ring substituents is 2. The first-order chi connectivity index (χ1) is 29.3. The molecule has 2 aliphatic heterocycles. The van der Waals surface area contributed by atoms with E-state index in [1.807, 2.05) is 0 Å². The van der Waals surface area contributed by atoms with Crippen LogP contribution < -0.4 is 10.3 Å². The van der Waals surface area contributed by atoms with Crippen LogP contribution in [0.25, 0.3) is 33.4 Å². The van der Waals surface area contributed by atoms with Crippen LogP contribution in [-0.4, -0.2) is 60.3 Å². The smallest absolute Gasteiger partial charge is 0.457 e. The first-order valence-corrected chi connectivity index (χ1v) is 18.8. The fourth-order valence-electron chi connectivity index (χ4n) is 7.87. The molecule has 3 aliphatic rings. The quantitative estimate of drug-likeness (QED) is 0.0497. The lowest BCUT2D eigenvalue weighted by molar-refractivity contribution is -0.393. The Morgan fingerprint density at radius 2 is 1.63 bits per heavy atom. The molecule has 1 atom stereocenters. The van der Waals surface area contributed by atoms with Crippen LogP contribution in [0.15, 0.2) is 64.5 Å². The van der Waals surface area contributed by atoms with Gasteiger partial charge in [-0.15, -0.1) is 0 Å². The molecule has 62 heavy (non-hydrogen) atoms. The van der Waals surface area contributed by atoms with E-state index in [-0.39, 0.29) is 63.4 Å². The lowest BCUT2D eigenvalue weighted by Gasteiger charge is -2.35. The Labute approximate surface area is 347 Å². The molecule has 8 rings (SSSR count). The topological polar surface area (TPSA) is 274 Å². The SMILES string of the molecule is CC[C@@]1(OC(=O)CO/N=C2\c3cc([N+](=O)[O-])cc(C)c3-c3c2cc([N+](=O)[O-])cc3[N+](=O)[O-])C(=O)OCc2c1cc1n(c2=O)Cc2cc3cc(OC(=O)OC(C)(C)C)ccc3nc2-1. The third kappa shape index (κ3) is 6.77. The number of nitro groups is 3. The van der Waals surface area contributed by atoms with E-state index >= 15 is 0 Å². The third-order valence-corrected chi connectivity index (χ3v) is 10.5. The van der Waals surface area contributed by atoms with E-state index in [1.165, 1.54) is 30.5 Å². The first-order valence-electron chi connectivity index (χ1n) is 18.8. The predicted molar refractivity (Wildman–Crippen MR) is 213 cm³/mol. The van der Waals surface area contributed by atoms with E-state index < -0.39 is 79.9 Å². The molecule has 5 aromatic rings. The highest BCUT2D eigenvalue weighted by molar-refractivity contribution is 6.26. The third-order valence-electron chi connectivity index (χ3n) is 10.5. The van der Waals surface area contributed by atoms with Crippen molar-refractivity contribution >= 4 is 51.8 Å². The number of carbonyl (C=O) groups is 3. The number of benzene rings is 3. The summed E-state index contributed by atoms with van der Waals surface area (Å²) >= 11 is 0. The van der Waals surface area contributed by atoms with Crippen molar-refractivity contribution in [2.45, 2.75) is 65.4 Å². The minimum atomic E-state index is -2.14. The number of hydrogen-bond donors (Lipinski definition) is 0. The summed E-state index contributed by atoms with van der Waals surface area (Å²) in [6.07, 6.45) is -1.08. The van der Waals surface area contributed by atoms with E-state index in [1.54, 1.807) is 45.0 Å². The summed E-state index contributed by atoms with van der Waals surface area (Å²) in [5.41, 5.74) is -3.38. The Hall–Kier alpha value is -8.10. The number of nitrogens with zero attached hydrogens (tertiary/aromatic N) is 6.